The van der Waals surface area contributed by atoms with E-state index in [2.05, 4.69) is 30.9 Å². The van der Waals surface area contributed by atoms with Gasteiger partial charge in [-0.05, 0) is 25.1 Å². The van der Waals surface area contributed by atoms with Crippen LogP contribution in [-0.2, 0) is 18.0 Å². The van der Waals surface area contributed by atoms with Gasteiger partial charge >= 0.3 is 6.18 Å². The Labute approximate surface area is 179 Å². The minimum atomic E-state index is -4.79. The number of anilines is 1. The van der Waals surface area contributed by atoms with Crippen molar-refractivity contribution in [3.63, 3.8) is 0 Å². The van der Waals surface area contributed by atoms with Crippen molar-refractivity contribution < 1.29 is 22.7 Å². The number of aromatic nitrogens is 4. The van der Waals surface area contributed by atoms with Crippen molar-refractivity contribution in [2.45, 2.75) is 19.1 Å². The minimum absolute atomic E-state index is 0.102. The number of amides is 1. The summed E-state index contributed by atoms with van der Waals surface area (Å²) in [6.07, 6.45) is -3.81. The van der Waals surface area contributed by atoms with E-state index in [1.165, 1.54) is 14.2 Å². The summed E-state index contributed by atoms with van der Waals surface area (Å²) in [4.78, 5) is 16.9. The average Bonchev–Trinajstić information content (AvgIpc) is 3.25. The van der Waals surface area contributed by atoms with Gasteiger partial charge in [-0.2, -0.15) is 23.4 Å². The van der Waals surface area contributed by atoms with Crippen LogP contribution in [0.1, 0.15) is 23.0 Å². The van der Waals surface area contributed by atoms with Crippen molar-refractivity contribution >= 4 is 40.2 Å². The lowest BCUT2D eigenvalue weighted by molar-refractivity contribution is -0.141. The molecule has 0 saturated carbocycles. The third-order valence-electron chi connectivity index (χ3n) is 4.09. The van der Waals surface area contributed by atoms with Crippen molar-refractivity contribution in [1.82, 2.24) is 25.3 Å². The van der Waals surface area contributed by atoms with E-state index in [1.807, 2.05) is 0 Å². The Morgan fingerprint density at radius 3 is 2.84 bits per heavy atom. The van der Waals surface area contributed by atoms with Gasteiger partial charge in [0.05, 0.1) is 23.7 Å². The zero-order chi connectivity index (χ0) is 22.8. The minimum Gasteiger partial charge on any atom is -0.382 e. The van der Waals surface area contributed by atoms with Crippen LogP contribution in [0.25, 0.3) is 10.9 Å². The third-order valence-corrected chi connectivity index (χ3v) is 4.33. The largest absolute Gasteiger partial charge is 0.435 e. The molecule has 1 amide bonds. The van der Waals surface area contributed by atoms with Gasteiger partial charge in [0.2, 0.25) is 5.96 Å². The fourth-order valence-corrected chi connectivity index (χ4v) is 3.00. The van der Waals surface area contributed by atoms with E-state index < -0.39 is 29.4 Å². The first-order valence-corrected chi connectivity index (χ1v) is 9.36. The van der Waals surface area contributed by atoms with E-state index in [0.29, 0.717) is 21.7 Å². The van der Waals surface area contributed by atoms with Crippen molar-refractivity contribution in [1.29, 1.82) is 0 Å². The topological polar surface area (TPSA) is 109 Å². The number of aliphatic imine (C=N–C) groups is 1. The quantitative estimate of drug-likeness (QED) is 0.402. The number of ether oxygens (including phenoxy) is 1. The van der Waals surface area contributed by atoms with Crippen LogP contribution in [0.4, 0.5) is 19.0 Å². The summed E-state index contributed by atoms with van der Waals surface area (Å²) < 4.78 is 45.7. The van der Waals surface area contributed by atoms with E-state index in [1.54, 1.807) is 25.1 Å². The van der Waals surface area contributed by atoms with E-state index in [9.17, 15) is 18.0 Å². The first kappa shape index (κ1) is 22.6. The highest BCUT2D eigenvalue weighted by Crippen LogP contribution is 2.30. The molecule has 0 radical (unpaired) electrons. The molecule has 3 N–H and O–H groups in total. The van der Waals surface area contributed by atoms with Gasteiger partial charge in [-0.1, -0.05) is 11.6 Å². The fraction of sp³-hybridized carbons (Fsp3) is 0.333. The van der Waals surface area contributed by atoms with Gasteiger partial charge in [0.25, 0.3) is 5.91 Å². The van der Waals surface area contributed by atoms with Crippen LogP contribution in [0.3, 0.4) is 0 Å². The zero-order valence-electron chi connectivity index (χ0n) is 16.7. The second-order valence-electron chi connectivity index (χ2n) is 6.69. The Morgan fingerprint density at radius 2 is 2.16 bits per heavy atom. The molecule has 3 aromatic rings. The summed E-state index contributed by atoms with van der Waals surface area (Å²) in [5.41, 5.74) is -1.31. The number of rotatable bonds is 5. The van der Waals surface area contributed by atoms with E-state index >= 15 is 0 Å². The van der Waals surface area contributed by atoms with Crippen molar-refractivity contribution in [3.8, 4) is 0 Å². The van der Waals surface area contributed by atoms with E-state index in [0.717, 1.165) is 10.9 Å². The summed E-state index contributed by atoms with van der Waals surface area (Å²) in [6.45, 7) is 1.93. The third kappa shape index (κ3) is 5.33. The smallest absolute Gasteiger partial charge is 0.382 e. The van der Waals surface area contributed by atoms with E-state index in [-0.39, 0.29) is 12.6 Å². The molecule has 13 heteroatoms. The monoisotopic (exact) mass is 457 g/mol. The lowest BCUT2D eigenvalue weighted by Crippen LogP contribution is -2.38. The van der Waals surface area contributed by atoms with Crippen LogP contribution >= 0.6 is 11.6 Å². The molecule has 0 fully saturated rings. The first-order chi connectivity index (χ1) is 14.6. The number of fused-ring (bicyclic) bond motifs is 1. The molecule has 0 unspecified atom stereocenters. The van der Waals surface area contributed by atoms with Crippen LogP contribution < -0.4 is 10.6 Å². The Hall–Kier alpha value is -3.12. The molecule has 2 aromatic heterocycles. The lowest BCUT2D eigenvalue weighted by Gasteiger charge is -2.13. The number of hydrogen-bond acceptors (Lipinski definition) is 5. The van der Waals surface area contributed by atoms with Gasteiger partial charge in [0.15, 0.2) is 11.5 Å². The number of nitrogens with one attached hydrogen (secondary N) is 3. The maximum absolute atomic E-state index is 13.2. The zero-order valence-corrected chi connectivity index (χ0v) is 17.5. The van der Waals surface area contributed by atoms with Gasteiger partial charge in [-0.15, -0.1) is 0 Å². The highest BCUT2D eigenvalue weighted by atomic mass is 35.5. The van der Waals surface area contributed by atoms with Crippen molar-refractivity contribution in [2.75, 3.05) is 19.0 Å². The first-order valence-electron chi connectivity index (χ1n) is 8.98. The molecule has 0 aliphatic rings. The predicted molar refractivity (Wildman–Crippen MR) is 109 cm³/mol. The van der Waals surface area contributed by atoms with Crippen LogP contribution in [0, 0.1) is 0 Å². The van der Waals surface area contributed by atoms with Gasteiger partial charge in [0.1, 0.15) is 0 Å². The lowest BCUT2D eigenvalue weighted by atomic mass is 10.2. The number of nitrogens with zero attached hydrogens (tertiary/aromatic N) is 4. The van der Waals surface area contributed by atoms with E-state index in [4.69, 9.17) is 16.3 Å². The van der Waals surface area contributed by atoms with Gasteiger partial charge < -0.3 is 10.1 Å². The molecular weight excluding hydrogens is 439 g/mol. The molecule has 1 aromatic carbocycles. The molecule has 0 aliphatic heterocycles. The maximum atomic E-state index is 13.2. The number of H-pyrrole nitrogens is 1. The molecular formula is C18H19ClF3N7O2. The Kier molecular flexibility index (Phi) is 6.51. The number of methoxy groups -OCH3 is 1. The fourth-order valence-electron chi connectivity index (χ4n) is 2.83. The standard InChI is InChI=1S/C18H19ClF3N7O2/c1-9(8-31-3)23-17(24-15-11-5-4-10(19)6-13(11)26-27-15)25-16(30)12-7-29(2)28-14(12)18(20,21)22/h4-7,9H,8H2,1-3H3,(H3,23,24,25,26,27,30)/t9-/m0/s1. The number of benzene rings is 1. The summed E-state index contributed by atoms with van der Waals surface area (Å²) in [7, 11) is 2.77. The second-order valence-corrected chi connectivity index (χ2v) is 7.12. The number of alkyl halides is 3. The van der Waals surface area contributed by atoms with Crippen LogP contribution in [0.15, 0.2) is 29.4 Å². The average molecular weight is 458 g/mol. The molecule has 3 rings (SSSR count). The number of halogens is 4. The SMILES string of the molecule is COC[C@H](C)N=C(NC(=O)c1cn(C)nc1C(F)(F)F)Nc1n[nH]c2cc(Cl)ccc12. The number of guanidine groups is 1. The maximum Gasteiger partial charge on any atom is 0.435 e. The molecule has 0 saturated heterocycles. The molecule has 0 bridgehead atoms. The van der Waals surface area contributed by atoms with Crippen LogP contribution in [0.2, 0.25) is 5.02 Å². The summed E-state index contributed by atoms with van der Waals surface area (Å²) in [5.74, 6) is -0.827. The molecule has 2 heterocycles. The summed E-state index contributed by atoms with van der Waals surface area (Å²) >= 11 is 5.96. The Bertz CT molecular complexity index is 1120. The molecule has 166 valence electrons. The highest BCUT2D eigenvalue weighted by Gasteiger charge is 2.39. The number of hydrogen-bond donors (Lipinski definition) is 3. The number of aryl methyl sites for hydroxylation is 1. The molecule has 31 heavy (non-hydrogen) atoms. The summed E-state index contributed by atoms with van der Waals surface area (Å²) in [6, 6.07) is 4.59. The summed E-state index contributed by atoms with van der Waals surface area (Å²) in [5, 5.41) is 16.6. The van der Waals surface area contributed by atoms with Gasteiger partial charge in [0, 0.05) is 30.8 Å². The molecule has 9 nitrogen and oxygen atoms in total. The molecule has 0 aliphatic carbocycles. The Morgan fingerprint density at radius 1 is 1.42 bits per heavy atom. The van der Waals surface area contributed by atoms with Gasteiger partial charge in [-0.3, -0.25) is 19.9 Å². The molecule has 0 spiro atoms. The van der Waals surface area contributed by atoms with Crippen molar-refractivity contribution in [3.05, 3.63) is 40.7 Å². The van der Waals surface area contributed by atoms with Crippen LogP contribution in [0.5, 0.6) is 0 Å². The van der Waals surface area contributed by atoms with Crippen molar-refractivity contribution in [2.24, 2.45) is 12.0 Å². The molecule has 1 atom stereocenters. The number of carbonyl (C=O) groups excluding carboxylic acids is 1. The Balaban J connectivity index is 1.92. The van der Waals surface area contributed by atoms with Crippen LogP contribution in [-0.4, -0.2) is 51.6 Å². The normalized spacial score (nSPS) is 13.5. The predicted octanol–water partition coefficient (Wildman–Crippen LogP) is 3.20. The number of aromatic amines is 1. The highest BCUT2D eigenvalue weighted by molar-refractivity contribution is 6.31. The number of carbonyl (C=O) groups is 1. The second kappa shape index (κ2) is 8.94. The van der Waals surface area contributed by atoms with Gasteiger partial charge in [-0.25, -0.2) is 4.99 Å².